The lowest BCUT2D eigenvalue weighted by Gasteiger charge is -2.16. The van der Waals surface area contributed by atoms with E-state index in [1.54, 1.807) is 31.2 Å². The Morgan fingerprint density at radius 3 is 2.50 bits per heavy atom. The molecule has 6 heteroatoms. The molecule has 20 heavy (non-hydrogen) atoms. The summed E-state index contributed by atoms with van der Waals surface area (Å²) in [4.78, 5) is 35.4. The fourth-order valence-electron chi connectivity index (χ4n) is 2.10. The molecule has 1 atom stereocenters. The topological polar surface area (TPSA) is 86.7 Å². The van der Waals surface area contributed by atoms with Crippen molar-refractivity contribution in [2.75, 3.05) is 16.8 Å². The number of hydrogen-bond donors (Lipinski definition) is 2. The van der Waals surface area contributed by atoms with Gasteiger partial charge in [0.2, 0.25) is 11.8 Å². The standard InChI is InChI=1S/C14H16N2O4/c1-2-12(17)15-10-3-5-11(6-4-10)16-8-9(14(19)20)7-13(16)18/h3-6,9H,2,7-8H2,1H3,(H,15,17)(H,19,20). The van der Waals surface area contributed by atoms with E-state index in [4.69, 9.17) is 5.11 Å². The summed E-state index contributed by atoms with van der Waals surface area (Å²) in [6, 6.07) is 6.80. The molecule has 2 rings (SSSR count). The van der Waals surface area contributed by atoms with Gasteiger partial charge in [0.25, 0.3) is 0 Å². The molecule has 1 saturated heterocycles. The van der Waals surface area contributed by atoms with Crippen molar-refractivity contribution in [1.29, 1.82) is 0 Å². The zero-order valence-corrected chi connectivity index (χ0v) is 11.1. The molecule has 0 saturated carbocycles. The highest BCUT2D eigenvalue weighted by molar-refractivity contribution is 5.99. The zero-order valence-electron chi connectivity index (χ0n) is 11.1. The van der Waals surface area contributed by atoms with Crippen LogP contribution in [0.5, 0.6) is 0 Å². The lowest BCUT2D eigenvalue weighted by Crippen LogP contribution is -2.25. The molecule has 2 N–H and O–H groups in total. The van der Waals surface area contributed by atoms with Crippen molar-refractivity contribution in [3.05, 3.63) is 24.3 Å². The summed E-state index contributed by atoms with van der Waals surface area (Å²) in [5.74, 6) is -1.88. The Hall–Kier alpha value is -2.37. The van der Waals surface area contributed by atoms with Gasteiger partial charge >= 0.3 is 5.97 Å². The number of amides is 2. The average Bonchev–Trinajstić information content (AvgIpc) is 2.82. The Bertz CT molecular complexity index is 539. The minimum Gasteiger partial charge on any atom is -0.481 e. The summed E-state index contributed by atoms with van der Waals surface area (Å²) in [7, 11) is 0. The SMILES string of the molecule is CCC(=O)Nc1ccc(N2CC(C(=O)O)CC2=O)cc1. The van der Waals surface area contributed by atoms with Gasteiger partial charge in [0.05, 0.1) is 5.92 Å². The van der Waals surface area contributed by atoms with E-state index in [1.165, 1.54) is 4.90 Å². The van der Waals surface area contributed by atoms with Gasteiger partial charge in [0.1, 0.15) is 0 Å². The van der Waals surface area contributed by atoms with Gasteiger partial charge in [-0.25, -0.2) is 0 Å². The summed E-state index contributed by atoms with van der Waals surface area (Å²) < 4.78 is 0. The largest absolute Gasteiger partial charge is 0.481 e. The fourth-order valence-corrected chi connectivity index (χ4v) is 2.10. The second kappa shape index (κ2) is 5.73. The van der Waals surface area contributed by atoms with Crippen LogP contribution >= 0.6 is 0 Å². The minimum absolute atomic E-state index is 0.0314. The first kappa shape index (κ1) is 14.0. The van der Waals surface area contributed by atoms with Crippen molar-refractivity contribution in [3.63, 3.8) is 0 Å². The third-order valence-corrected chi connectivity index (χ3v) is 3.26. The first-order valence-electron chi connectivity index (χ1n) is 6.44. The van der Waals surface area contributed by atoms with Crippen molar-refractivity contribution in [1.82, 2.24) is 0 Å². The predicted molar refractivity (Wildman–Crippen MR) is 73.5 cm³/mol. The molecule has 1 aliphatic rings. The molecular weight excluding hydrogens is 260 g/mol. The number of nitrogens with one attached hydrogen (secondary N) is 1. The van der Waals surface area contributed by atoms with Crippen molar-refractivity contribution < 1.29 is 19.5 Å². The van der Waals surface area contributed by atoms with E-state index < -0.39 is 11.9 Å². The maximum absolute atomic E-state index is 11.8. The molecule has 1 heterocycles. The van der Waals surface area contributed by atoms with Crippen LogP contribution in [-0.2, 0) is 14.4 Å². The monoisotopic (exact) mass is 276 g/mol. The molecule has 1 aromatic rings. The second-order valence-corrected chi connectivity index (χ2v) is 4.69. The lowest BCUT2D eigenvalue weighted by atomic mass is 10.1. The Balaban J connectivity index is 2.08. The van der Waals surface area contributed by atoms with Crippen LogP contribution in [0.2, 0.25) is 0 Å². The summed E-state index contributed by atoms with van der Waals surface area (Å²) in [6.45, 7) is 1.95. The van der Waals surface area contributed by atoms with Gasteiger partial charge in [0.15, 0.2) is 0 Å². The van der Waals surface area contributed by atoms with E-state index in [1.807, 2.05) is 0 Å². The molecular formula is C14H16N2O4. The van der Waals surface area contributed by atoms with E-state index >= 15 is 0 Å². The highest BCUT2D eigenvalue weighted by Gasteiger charge is 2.34. The predicted octanol–water partition coefficient (Wildman–Crippen LogP) is 1.47. The first-order chi connectivity index (χ1) is 9.51. The maximum atomic E-state index is 11.8. The molecule has 1 aromatic carbocycles. The highest BCUT2D eigenvalue weighted by atomic mass is 16.4. The van der Waals surface area contributed by atoms with Crippen LogP contribution < -0.4 is 10.2 Å². The number of rotatable bonds is 4. The first-order valence-corrected chi connectivity index (χ1v) is 6.44. The van der Waals surface area contributed by atoms with Crippen LogP contribution in [-0.4, -0.2) is 29.4 Å². The molecule has 0 spiro atoms. The summed E-state index contributed by atoms with van der Waals surface area (Å²) in [5, 5.41) is 11.7. The van der Waals surface area contributed by atoms with E-state index in [9.17, 15) is 14.4 Å². The molecule has 1 fully saturated rings. The number of aliphatic carboxylic acids is 1. The number of anilines is 2. The third kappa shape index (κ3) is 2.96. The van der Waals surface area contributed by atoms with Gasteiger partial charge in [-0.2, -0.15) is 0 Å². The quantitative estimate of drug-likeness (QED) is 0.872. The molecule has 1 aliphatic heterocycles. The Morgan fingerprint density at radius 2 is 2.00 bits per heavy atom. The number of carbonyl (C=O) groups excluding carboxylic acids is 2. The summed E-state index contributed by atoms with van der Waals surface area (Å²) >= 11 is 0. The number of carbonyl (C=O) groups is 3. The number of nitrogens with zero attached hydrogens (tertiary/aromatic N) is 1. The number of hydrogen-bond acceptors (Lipinski definition) is 3. The minimum atomic E-state index is -0.951. The van der Waals surface area contributed by atoms with Crippen molar-refractivity contribution in [2.24, 2.45) is 5.92 Å². The van der Waals surface area contributed by atoms with Crippen molar-refractivity contribution in [3.8, 4) is 0 Å². The average molecular weight is 276 g/mol. The fraction of sp³-hybridized carbons (Fsp3) is 0.357. The zero-order chi connectivity index (χ0) is 14.7. The van der Waals surface area contributed by atoms with Gasteiger partial charge in [-0.3, -0.25) is 14.4 Å². The molecule has 106 valence electrons. The molecule has 1 unspecified atom stereocenters. The van der Waals surface area contributed by atoms with Crippen molar-refractivity contribution >= 4 is 29.2 Å². The van der Waals surface area contributed by atoms with E-state index in [0.717, 1.165) is 0 Å². The summed E-state index contributed by atoms with van der Waals surface area (Å²) in [6.07, 6.45) is 0.427. The Labute approximate surface area is 116 Å². The maximum Gasteiger partial charge on any atom is 0.308 e. The van der Waals surface area contributed by atoms with Gasteiger partial charge < -0.3 is 15.3 Å². The molecule has 0 aromatic heterocycles. The van der Waals surface area contributed by atoms with Crippen LogP contribution in [0.25, 0.3) is 0 Å². The molecule has 2 amide bonds. The van der Waals surface area contributed by atoms with Crippen LogP contribution in [0.3, 0.4) is 0 Å². The van der Waals surface area contributed by atoms with Crippen LogP contribution in [0, 0.1) is 5.92 Å². The van der Waals surface area contributed by atoms with Gasteiger partial charge in [-0.15, -0.1) is 0 Å². The molecule has 6 nitrogen and oxygen atoms in total. The number of carboxylic acids is 1. The van der Waals surface area contributed by atoms with Crippen LogP contribution in [0.15, 0.2) is 24.3 Å². The van der Waals surface area contributed by atoms with E-state index in [0.29, 0.717) is 17.8 Å². The van der Waals surface area contributed by atoms with Crippen LogP contribution in [0.4, 0.5) is 11.4 Å². The van der Waals surface area contributed by atoms with E-state index in [-0.39, 0.29) is 24.8 Å². The molecule has 0 aliphatic carbocycles. The van der Waals surface area contributed by atoms with Gasteiger partial charge in [0, 0.05) is 30.8 Å². The lowest BCUT2D eigenvalue weighted by molar-refractivity contribution is -0.141. The second-order valence-electron chi connectivity index (χ2n) is 4.69. The molecule has 0 radical (unpaired) electrons. The number of carboxylic acid groups (broad SMARTS) is 1. The summed E-state index contributed by atoms with van der Waals surface area (Å²) in [5.41, 5.74) is 1.30. The van der Waals surface area contributed by atoms with Crippen molar-refractivity contribution in [2.45, 2.75) is 19.8 Å². The number of benzene rings is 1. The van der Waals surface area contributed by atoms with Gasteiger partial charge in [-0.1, -0.05) is 6.92 Å². The van der Waals surface area contributed by atoms with Gasteiger partial charge in [-0.05, 0) is 24.3 Å². The van der Waals surface area contributed by atoms with E-state index in [2.05, 4.69) is 5.32 Å². The highest BCUT2D eigenvalue weighted by Crippen LogP contribution is 2.26. The Kier molecular flexibility index (Phi) is 4.02. The smallest absolute Gasteiger partial charge is 0.308 e. The third-order valence-electron chi connectivity index (χ3n) is 3.26. The van der Waals surface area contributed by atoms with Crippen LogP contribution in [0.1, 0.15) is 19.8 Å². The normalized spacial score (nSPS) is 18.1. The Morgan fingerprint density at radius 1 is 1.35 bits per heavy atom. The molecule has 0 bridgehead atoms.